The lowest BCUT2D eigenvalue weighted by Crippen LogP contribution is -2.45. The molecule has 1 aliphatic heterocycles. The molecule has 0 unspecified atom stereocenters. The first-order valence-electron chi connectivity index (χ1n) is 8.73. The van der Waals surface area contributed by atoms with Crippen molar-refractivity contribution < 1.29 is 18.0 Å². The minimum absolute atomic E-state index is 0. The minimum Gasteiger partial charge on any atom is -0.399 e. The maximum atomic E-state index is 12.6. The van der Waals surface area contributed by atoms with Gasteiger partial charge in [-0.15, -0.1) is 24.8 Å². The number of carbonyl (C=O) groups is 1. The van der Waals surface area contributed by atoms with Crippen molar-refractivity contribution in [2.24, 2.45) is 0 Å². The zero-order valence-corrected chi connectivity index (χ0v) is 17.1. The lowest BCUT2D eigenvalue weighted by Gasteiger charge is -2.33. The molecule has 0 atom stereocenters. The van der Waals surface area contributed by atoms with Gasteiger partial charge in [-0.25, -0.2) is 4.98 Å². The van der Waals surface area contributed by atoms with Gasteiger partial charge in [-0.05, 0) is 42.7 Å². The van der Waals surface area contributed by atoms with E-state index in [4.69, 9.17) is 5.73 Å². The minimum atomic E-state index is -4.38. The third-order valence-corrected chi connectivity index (χ3v) is 4.60. The van der Waals surface area contributed by atoms with Gasteiger partial charge >= 0.3 is 6.18 Å². The van der Waals surface area contributed by atoms with Crippen LogP contribution in [0.25, 0.3) is 0 Å². The number of hydrogen-bond donors (Lipinski definition) is 2. The number of halogens is 5. The summed E-state index contributed by atoms with van der Waals surface area (Å²) in [6.07, 6.45) is -1.80. The fourth-order valence-corrected chi connectivity index (χ4v) is 3.09. The summed E-state index contributed by atoms with van der Waals surface area (Å²) in [4.78, 5) is 18.0. The zero-order chi connectivity index (χ0) is 19.4. The molecule has 3 N–H and O–H groups in total. The van der Waals surface area contributed by atoms with E-state index in [-0.39, 0.29) is 36.8 Å². The molecule has 10 heteroatoms. The Labute approximate surface area is 179 Å². The zero-order valence-electron chi connectivity index (χ0n) is 15.5. The molecule has 1 aromatic carbocycles. The van der Waals surface area contributed by atoms with Gasteiger partial charge in [-0.3, -0.25) is 4.79 Å². The lowest BCUT2D eigenvalue weighted by molar-refractivity contribution is -0.137. The smallest absolute Gasteiger partial charge is 0.399 e. The number of aromatic nitrogens is 1. The Morgan fingerprint density at radius 1 is 1.10 bits per heavy atom. The Balaban J connectivity index is 0.00000210. The van der Waals surface area contributed by atoms with Gasteiger partial charge in [0.05, 0.1) is 12.0 Å². The molecule has 1 amide bonds. The summed E-state index contributed by atoms with van der Waals surface area (Å²) in [7, 11) is 0. The van der Waals surface area contributed by atoms with Crippen LogP contribution in [0.15, 0.2) is 42.6 Å². The maximum Gasteiger partial charge on any atom is 0.417 e. The predicted octanol–water partition coefficient (Wildman–Crippen LogP) is 3.85. The Kier molecular flexibility index (Phi) is 9.04. The fourth-order valence-electron chi connectivity index (χ4n) is 3.09. The van der Waals surface area contributed by atoms with Crippen molar-refractivity contribution in [3.63, 3.8) is 0 Å². The fraction of sp³-hybridized carbons (Fsp3) is 0.368. The molecular formula is C19H23Cl2F3N4O. The maximum absolute atomic E-state index is 12.6. The van der Waals surface area contributed by atoms with Gasteiger partial charge in [0, 0.05) is 31.0 Å². The quantitative estimate of drug-likeness (QED) is 0.693. The highest BCUT2D eigenvalue weighted by molar-refractivity contribution is 5.85. The highest BCUT2D eigenvalue weighted by atomic mass is 35.5. The Bertz CT molecular complexity index is 778. The number of nitrogen functional groups attached to an aromatic ring is 1. The molecule has 2 heterocycles. The molecule has 3 rings (SSSR count). The molecule has 0 radical (unpaired) electrons. The summed E-state index contributed by atoms with van der Waals surface area (Å²) in [5.41, 5.74) is 6.43. The summed E-state index contributed by atoms with van der Waals surface area (Å²) >= 11 is 0. The molecule has 2 aromatic rings. The van der Waals surface area contributed by atoms with Gasteiger partial charge in [0.15, 0.2) is 0 Å². The number of anilines is 2. The monoisotopic (exact) mass is 450 g/mol. The first-order valence-corrected chi connectivity index (χ1v) is 8.73. The molecular weight excluding hydrogens is 428 g/mol. The topological polar surface area (TPSA) is 71.2 Å². The summed E-state index contributed by atoms with van der Waals surface area (Å²) < 4.78 is 37.8. The van der Waals surface area contributed by atoms with Crippen LogP contribution in [0.1, 0.15) is 24.0 Å². The van der Waals surface area contributed by atoms with Crippen LogP contribution >= 0.6 is 24.8 Å². The molecule has 0 aliphatic carbocycles. The van der Waals surface area contributed by atoms with Gasteiger partial charge in [0.1, 0.15) is 5.82 Å². The second kappa shape index (κ2) is 10.5. The van der Waals surface area contributed by atoms with Gasteiger partial charge in [-0.1, -0.05) is 12.1 Å². The van der Waals surface area contributed by atoms with Gasteiger partial charge < -0.3 is 16.0 Å². The number of rotatable bonds is 4. The van der Waals surface area contributed by atoms with Crippen molar-refractivity contribution >= 4 is 42.2 Å². The van der Waals surface area contributed by atoms with E-state index in [2.05, 4.69) is 10.3 Å². The Morgan fingerprint density at radius 3 is 2.24 bits per heavy atom. The summed E-state index contributed by atoms with van der Waals surface area (Å²) in [5, 5.41) is 3.02. The van der Waals surface area contributed by atoms with Crippen molar-refractivity contribution in [1.82, 2.24) is 10.3 Å². The van der Waals surface area contributed by atoms with Crippen LogP contribution in [-0.4, -0.2) is 30.0 Å². The van der Waals surface area contributed by atoms with Gasteiger partial charge in [0.2, 0.25) is 5.91 Å². The molecule has 0 bridgehead atoms. The number of benzene rings is 1. The molecule has 160 valence electrons. The number of nitrogens with zero attached hydrogens (tertiary/aromatic N) is 2. The molecule has 1 aliphatic rings. The summed E-state index contributed by atoms with van der Waals surface area (Å²) in [5.74, 6) is 0.473. The van der Waals surface area contributed by atoms with Crippen molar-refractivity contribution in [1.29, 1.82) is 0 Å². The van der Waals surface area contributed by atoms with Gasteiger partial charge in [0.25, 0.3) is 0 Å². The normalized spacial score (nSPS) is 14.5. The van der Waals surface area contributed by atoms with Crippen LogP contribution in [0.4, 0.5) is 24.7 Å². The second-order valence-corrected chi connectivity index (χ2v) is 6.65. The van der Waals surface area contributed by atoms with Crippen LogP contribution in [-0.2, 0) is 17.4 Å². The third-order valence-electron chi connectivity index (χ3n) is 4.60. The average molecular weight is 451 g/mol. The number of nitrogens with two attached hydrogens (primary N) is 1. The Hall–Kier alpha value is -2.19. The van der Waals surface area contributed by atoms with Crippen LogP contribution < -0.4 is 16.0 Å². The third kappa shape index (κ3) is 6.97. The molecule has 1 fully saturated rings. The predicted molar refractivity (Wildman–Crippen MR) is 112 cm³/mol. The van der Waals surface area contributed by atoms with Crippen LogP contribution in [0.3, 0.4) is 0 Å². The standard InChI is InChI=1S/C19H21F3N4O.2ClH/c20-19(21,22)14-3-6-17(24-12-14)26-9-7-16(8-10-26)25-18(27)11-13-1-4-15(23)5-2-13;;/h1-6,12,16H,7-11,23H2,(H,25,27);2*1H. The number of carbonyl (C=O) groups excluding carboxylic acids is 1. The molecule has 0 saturated carbocycles. The average Bonchev–Trinajstić information content (AvgIpc) is 2.64. The van der Waals surface area contributed by atoms with Crippen molar-refractivity contribution in [2.75, 3.05) is 23.7 Å². The van der Waals surface area contributed by atoms with E-state index in [9.17, 15) is 18.0 Å². The summed E-state index contributed by atoms with van der Waals surface area (Å²) in [6, 6.07) is 9.67. The van der Waals surface area contributed by atoms with E-state index in [1.165, 1.54) is 6.07 Å². The second-order valence-electron chi connectivity index (χ2n) is 6.65. The number of piperidine rings is 1. The molecule has 1 aromatic heterocycles. The molecule has 29 heavy (non-hydrogen) atoms. The van der Waals surface area contributed by atoms with E-state index in [1.54, 1.807) is 12.1 Å². The molecule has 1 saturated heterocycles. The van der Waals surface area contributed by atoms with E-state index in [0.717, 1.165) is 30.7 Å². The van der Waals surface area contributed by atoms with E-state index < -0.39 is 11.7 Å². The summed E-state index contributed by atoms with van der Waals surface area (Å²) in [6.45, 7) is 1.26. The highest BCUT2D eigenvalue weighted by Gasteiger charge is 2.31. The number of amides is 1. The first kappa shape index (κ1) is 24.8. The number of nitrogens with one attached hydrogen (secondary N) is 1. The SMILES string of the molecule is Cl.Cl.Nc1ccc(CC(=O)NC2CCN(c3ccc(C(F)(F)F)cn3)CC2)cc1. The Morgan fingerprint density at radius 2 is 1.72 bits per heavy atom. The number of pyridine rings is 1. The first-order chi connectivity index (χ1) is 12.8. The van der Waals surface area contributed by atoms with Crippen LogP contribution in [0, 0.1) is 0 Å². The van der Waals surface area contributed by atoms with Crippen LogP contribution in [0.5, 0.6) is 0 Å². The van der Waals surface area contributed by atoms with Crippen LogP contribution in [0.2, 0.25) is 0 Å². The van der Waals surface area contributed by atoms with Gasteiger partial charge in [-0.2, -0.15) is 13.2 Å². The van der Waals surface area contributed by atoms with E-state index >= 15 is 0 Å². The lowest BCUT2D eigenvalue weighted by atomic mass is 10.0. The van der Waals surface area contributed by atoms with E-state index in [0.29, 0.717) is 31.0 Å². The van der Waals surface area contributed by atoms with Crippen molar-refractivity contribution in [2.45, 2.75) is 31.5 Å². The number of hydrogen-bond acceptors (Lipinski definition) is 4. The molecule has 5 nitrogen and oxygen atoms in total. The van der Waals surface area contributed by atoms with Crippen molar-refractivity contribution in [3.05, 3.63) is 53.7 Å². The number of alkyl halides is 3. The van der Waals surface area contributed by atoms with E-state index in [1.807, 2.05) is 17.0 Å². The molecule has 0 spiro atoms. The van der Waals surface area contributed by atoms with Crippen molar-refractivity contribution in [3.8, 4) is 0 Å². The largest absolute Gasteiger partial charge is 0.417 e. The highest BCUT2D eigenvalue weighted by Crippen LogP contribution is 2.29.